The molecule has 0 spiro atoms. The normalized spacial score (nSPS) is 11.3. The van der Waals surface area contributed by atoms with Crippen molar-refractivity contribution in [3.05, 3.63) is 80.8 Å². The van der Waals surface area contributed by atoms with Gasteiger partial charge in [0.1, 0.15) is 11.3 Å². The molecule has 0 radical (unpaired) electrons. The predicted octanol–water partition coefficient (Wildman–Crippen LogP) is 5.93. The molecule has 2 aromatic carbocycles. The fourth-order valence-corrected chi connectivity index (χ4v) is 4.25. The number of fused-ring (bicyclic) bond motifs is 1. The van der Waals surface area contributed by atoms with Gasteiger partial charge in [0.25, 0.3) is 0 Å². The van der Waals surface area contributed by atoms with E-state index in [0.717, 1.165) is 35.6 Å². The lowest BCUT2D eigenvalue weighted by atomic mass is 10.0. The lowest BCUT2D eigenvalue weighted by Gasteiger charge is -2.10. The van der Waals surface area contributed by atoms with Crippen LogP contribution < -0.4 is 0 Å². The number of rotatable bonds is 4. The molecule has 0 aliphatic heterocycles. The third kappa shape index (κ3) is 3.50. The van der Waals surface area contributed by atoms with Crippen LogP contribution >= 0.6 is 22.6 Å². The molecular formula is C23H22IN3. The summed E-state index contributed by atoms with van der Waals surface area (Å²) in [5.41, 5.74) is 8.04. The number of aryl methyl sites for hydroxylation is 3. The zero-order valence-corrected chi connectivity index (χ0v) is 18.0. The summed E-state index contributed by atoms with van der Waals surface area (Å²) in [6, 6.07) is 19.4. The van der Waals surface area contributed by atoms with Crippen LogP contribution in [-0.2, 0) is 13.0 Å². The molecule has 0 unspecified atom stereocenters. The standard InChI is InChI=1S/C23H22IN3/c1-4-21-26-22-15(2)13-16(3)25-23(22)27(21)14-17-9-11-18(12-10-17)19-7-5-6-8-20(19)24/h5-13H,4,14H2,1-3H3. The fourth-order valence-electron chi connectivity index (χ4n) is 3.55. The Morgan fingerprint density at radius 3 is 2.41 bits per heavy atom. The van der Waals surface area contributed by atoms with E-state index in [0.29, 0.717) is 0 Å². The molecule has 3 nitrogen and oxygen atoms in total. The minimum Gasteiger partial charge on any atom is -0.308 e. The van der Waals surface area contributed by atoms with Crippen molar-refractivity contribution in [3.63, 3.8) is 0 Å². The van der Waals surface area contributed by atoms with Crippen molar-refractivity contribution in [2.75, 3.05) is 0 Å². The van der Waals surface area contributed by atoms with Gasteiger partial charge in [-0.05, 0) is 70.8 Å². The maximum absolute atomic E-state index is 4.84. The Morgan fingerprint density at radius 2 is 1.70 bits per heavy atom. The second-order valence-electron chi connectivity index (χ2n) is 6.90. The molecule has 4 aromatic rings. The van der Waals surface area contributed by atoms with Crippen LogP contribution in [0.3, 0.4) is 0 Å². The highest BCUT2D eigenvalue weighted by Gasteiger charge is 2.14. The summed E-state index contributed by atoms with van der Waals surface area (Å²) in [5.74, 6) is 1.09. The van der Waals surface area contributed by atoms with Crippen molar-refractivity contribution in [1.29, 1.82) is 0 Å². The van der Waals surface area contributed by atoms with E-state index in [2.05, 4.69) is 95.6 Å². The third-order valence-corrected chi connectivity index (χ3v) is 5.84. The summed E-state index contributed by atoms with van der Waals surface area (Å²) >= 11 is 2.39. The van der Waals surface area contributed by atoms with Crippen molar-refractivity contribution in [3.8, 4) is 11.1 Å². The number of hydrogen-bond acceptors (Lipinski definition) is 2. The molecule has 0 bridgehead atoms. The first-order chi connectivity index (χ1) is 13.1. The molecule has 2 aromatic heterocycles. The molecule has 0 saturated carbocycles. The van der Waals surface area contributed by atoms with Crippen molar-refractivity contribution < 1.29 is 0 Å². The van der Waals surface area contributed by atoms with Gasteiger partial charge in [-0.1, -0.05) is 49.4 Å². The van der Waals surface area contributed by atoms with Crippen LogP contribution in [0.15, 0.2) is 54.6 Å². The molecule has 0 amide bonds. The summed E-state index contributed by atoms with van der Waals surface area (Å²) < 4.78 is 3.53. The molecule has 136 valence electrons. The SMILES string of the molecule is CCc1nc2c(C)cc(C)nc2n1Cc1ccc(-c2ccccc2I)cc1. The number of hydrogen-bond donors (Lipinski definition) is 0. The Labute approximate surface area is 173 Å². The summed E-state index contributed by atoms with van der Waals surface area (Å²) in [6.07, 6.45) is 0.898. The van der Waals surface area contributed by atoms with Gasteiger partial charge in [0, 0.05) is 15.7 Å². The van der Waals surface area contributed by atoms with Crippen LogP contribution in [0.4, 0.5) is 0 Å². The molecule has 4 heteroatoms. The van der Waals surface area contributed by atoms with Gasteiger partial charge in [-0.15, -0.1) is 0 Å². The van der Waals surface area contributed by atoms with Gasteiger partial charge in [-0.2, -0.15) is 0 Å². The first-order valence-electron chi connectivity index (χ1n) is 9.24. The Balaban J connectivity index is 1.71. The van der Waals surface area contributed by atoms with E-state index < -0.39 is 0 Å². The van der Waals surface area contributed by atoms with Gasteiger partial charge in [0.15, 0.2) is 5.65 Å². The average Bonchev–Trinajstić information content (AvgIpc) is 3.01. The van der Waals surface area contributed by atoms with Crippen molar-refractivity contribution in [1.82, 2.24) is 14.5 Å². The average molecular weight is 467 g/mol. The second kappa shape index (κ2) is 7.43. The van der Waals surface area contributed by atoms with Crippen LogP contribution in [0.5, 0.6) is 0 Å². The zero-order chi connectivity index (χ0) is 19.0. The first kappa shape index (κ1) is 18.2. The number of aromatic nitrogens is 3. The quantitative estimate of drug-likeness (QED) is 0.349. The van der Waals surface area contributed by atoms with Crippen LogP contribution in [0, 0.1) is 17.4 Å². The van der Waals surface area contributed by atoms with Gasteiger partial charge in [0.2, 0.25) is 0 Å². The highest BCUT2D eigenvalue weighted by Crippen LogP contribution is 2.26. The number of benzene rings is 2. The fraction of sp³-hybridized carbons (Fsp3) is 0.217. The van der Waals surface area contributed by atoms with Crippen molar-refractivity contribution in [2.24, 2.45) is 0 Å². The molecule has 0 aliphatic rings. The lowest BCUT2D eigenvalue weighted by Crippen LogP contribution is -2.05. The Morgan fingerprint density at radius 1 is 0.963 bits per heavy atom. The Bertz CT molecular complexity index is 1110. The smallest absolute Gasteiger partial charge is 0.160 e. The summed E-state index contributed by atoms with van der Waals surface area (Å²) in [6.45, 7) is 7.11. The minimum atomic E-state index is 0.793. The molecule has 2 heterocycles. The number of imidazole rings is 1. The molecule has 0 fully saturated rings. The van der Waals surface area contributed by atoms with Gasteiger partial charge in [-0.3, -0.25) is 0 Å². The molecular weight excluding hydrogens is 445 g/mol. The number of nitrogens with zero attached hydrogens (tertiary/aromatic N) is 3. The monoisotopic (exact) mass is 467 g/mol. The summed E-state index contributed by atoms with van der Waals surface area (Å²) in [5, 5.41) is 0. The summed E-state index contributed by atoms with van der Waals surface area (Å²) in [4.78, 5) is 9.62. The largest absolute Gasteiger partial charge is 0.308 e. The van der Waals surface area contributed by atoms with Crippen LogP contribution in [0.1, 0.15) is 29.6 Å². The van der Waals surface area contributed by atoms with E-state index in [1.165, 1.54) is 25.8 Å². The third-order valence-electron chi connectivity index (χ3n) is 4.90. The van der Waals surface area contributed by atoms with E-state index in [1.807, 2.05) is 6.92 Å². The maximum Gasteiger partial charge on any atom is 0.160 e. The van der Waals surface area contributed by atoms with Gasteiger partial charge in [0.05, 0.1) is 6.54 Å². The number of pyridine rings is 1. The second-order valence-corrected chi connectivity index (χ2v) is 8.06. The first-order valence-corrected chi connectivity index (χ1v) is 10.3. The summed E-state index contributed by atoms with van der Waals surface area (Å²) in [7, 11) is 0. The van der Waals surface area contributed by atoms with Crippen molar-refractivity contribution in [2.45, 2.75) is 33.7 Å². The highest BCUT2D eigenvalue weighted by atomic mass is 127. The number of halogens is 1. The topological polar surface area (TPSA) is 30.7 Å². The van der Waals surface area contributed by atoms with Gasteiger partial charge < -0.3 is 4.57 Å². The zero-order valence-electron chi connectivity index (χ0n) is 15.8. The van der Waals surface area contributed by atoms with E-state index in [-0.39, 0.29) is 0 Å². The van der Waals surface area contributed by atoms with Gasteiger partial charge >= 0.3 is 0 Å². The Hall–Kier alpha value is -2.21. The Kier molecular flexibility index (Phi) is 5.00. The maximum atomic E-state index is 4.84. The van der Waals surface area contributed by atoms with E-state index >= 15 is 0 Å². The van der Waals surface area contributed by atoms with Crippen molar-refractivity contribution >= 4 is 33.8 Å². The molecule has 0 atom stereocenters. The van der Waals surface area contributed by atoms with Crippen LogP contribution in [0.25, 0.3) is 22.3 Å². The predicted molar refractivity (Wildman–Crippen MR) is 120 cm³/mol. The lowest BCUT2D eigenvalue weighted by molar-refractivity contribution is 0.745. The van der Waals surface area contributed by atoms with Crippen LogP contribution in [0.2, 0.25) is 0 Å². The molecule has 0 N–H and O–H groups in total. The molecule has 4 rings (SSSR count). The molecule has 0 saturated heterocycles. The molecule has 0 aliphatic carbocycles. The van der Waals surface area contributed by atoms with E-state index in [1.54, 1.807) is 0 Å². The molecule has 27 heavy (non-hydrogen) atoms. The van der Waals surface area contributed by atoms with E-state index in [9.17, 15) is 0 Å². The van der Waals surface area contributed by atoms with Gasteiger partial charge in [-0.25, -0.2) is 9.97 Å². The van der Waals surface area contributed by atoms with Crippen LogP contribution in [-0.4, -0.2) is 14.5 Å². The van der Waals surface area contributed by atoms with E-state index in [4.69, 9.17) is 9.97 Å². The highest BCUT2D eigenvalue weighted by molar-refractivity contribution is 14.1. The minimum absolute atomic E-state index is 0.793.